The van der Waals surface area contributed by atoms with Crippen LogP contribution in [-0.4, -0.2) is 23.4 Å². The minimum Gasteiger partial charge on any atom is -0.463 e. The van der Waals surface area contributed by atoms with Gasteiger partial charge in [-0.2, -0.15) is 0 Å². The third kappa shape index (κ3) is 5.87. The van der Waals surface area contributed by atoms with Crippen molar-refractivity contribution in [1.29, 1.82) is 0 Å². The van der Waals surface area contributed by atoms with Crippen LogP contribution >= 0.6 is 0 Å². The number of allylic oxidation sites excluding steroid dienone is 1. The van der Waals surface area contributed by atoms with Gasteiger partial charge in [0.15, 0.2) is 0 Å². The van der Waals surface area contributed by atoms with Gasteiger partial charge in [-0.1, -0.05) is 97.4 Å². The number of terminal acetylenes is 1. The van der Waals surface area contributed by atoms with Crippen molar-refractivity contribution in [1.82, 2.24) is 4.90 Å². The lowest BCUT2D eigenvalue weighted by atomic mass is 9.79. The van der Waals surface area contributed by atoms with Crippen molar-refractivity contribution in [2.75, 3.05) is 6.61 Å². The summed E-state index contributed by atoms with van der Waals surface area (Å²) in [6.45, 7) is 3.87. The molecule has 1 aliphatic rings. The van der Waals surface area contributed by atoms with Crippen molar-refractivity contribution >= 4 is 17.6 Å². The molecule has 3 aromatic rings. The highest BCUT2D eigenvalue weighted by molar-refractivity contribution is 6.04. The van der Waals surface area contributed by atoms with Gasteiger partial charge >= 0.3 is 11.9 Å². The summed E-state index contributed by atoms with van der Waals surface area (Å²) in [5.41, 5.74) is 4.60. The maximum atomic E-state index is 13.9. The number of hydrogen-bond donors (Lipinski definition) is 0. The molecule has 3 aromatic carbocycles. The second-order valence-corrected chi connectivity index (χ2v) is 8.95. The Kier molecular flexibility index (Phi) is 8.79. The summed E-state index contributed by atoms with van der Waals surface area (Å²) < 4.78 is 11.3. The molecule has 5 heteroatoms. The lowest BCUT2D eigenvalue weighted by Gasteiger charge is -2.36. The molecule has 1 heterocycles. The summed E-state index contributed by atoms with van der Waals surface area (Å²) in [6.07, 6.45) is 7.15. The van der Waals surface area contributed by atoms with E-state index in [-0.39, 0.29) is 13.2 Å². The van der Waals surface area contributed by atoms with Crippen LogP contribution in [0.15, 0.2) is 108 Å². The summed E-state index contributed by atoms with van der Waals surface area (Å²) >= 11 is 0. The first-order valence-corrected chi connectivity index (χ1v) is 12.7. The fraction of sp³-hybridized carbons (Fsp3) is 0.212. The average Bonchev–Trinajstić information content (AvgIpc) is 2.96. The number of benzene rings is 3. The molecule has 0 bridgehead atoms. The van der Waals surface area contributed by atoms with E-state index in [2.05, 4.69) is 6.04 Å². The van der Waals surface area contributed by atoms with Gasteiger partial charge in [0.25, 0.3) is 0 Å². The molecule has 0 amide bonds. The van der Waals surface area contributed by atoms with Gasteiger partial charge in [-0.15, -0.1) is 0 Å². The topological polar surface area (TPSA) is 55.8 Å². The quantitative estimate of drug-likeness (QED) is 0.259. The lowest BCUT2D eigenvalue weighted by Crippen LogP contribution is -2.35. The number of rotatable bonds is 9. The van der Waals surface area contributed by atoms with E-state index in [1.54, 1.807) is 18.7 Å². The molecule has 5 nitrogen and oxygen atoms in total. The van der Waals surface area contributed by atoms with E-state index in [0.29, 0.717) is 35.4 Å². The molecule has 0 radical (unpaired) electrons. The minimum absolute atomic E-state index is 0.101. The number of ether oxygens (including phenoxy) is 2. The number of hydrogen-bond acceptors (Lipinski definition) is 5. The van der Waals surface area contributed by atoms with Gasteiger partial charge in [-0.3, -0.25) is 4.90 Å². The standard InChI is InChI=1S/C33H31NO4/c1-4-34-24(3)29(32(35)37-5-2)28(22-21-25-15-9-6-10-16-25)30(31(34)27-19-13-8-14-20-27)33(36)38-23-26-17-11-7-12-18-26/h1,6-20,28H,5,21-23H2,2-3H3. The molecule has 0 N–H and O–H groups in total. The van der Waals surface area contributed by atoms with Gasteiger partial charge in [0.1, 0.15) is 6.61 Å². The molecule has 0 aliphatic carbocycles. The van der Waals surface area contributed by atoms with Crippen LogP contribution in [0.25, 0.3) is 5.70 Å². The SMILES string of the molecule is C#CN1C(C)=C(C(=O)OCC)C(CCc2ccccc2)C(C(=O)OCc2ccccc2)=C1c1ccccc1. The molecule has 192 valence electrons. The number of esters is 2. The van der Waals surface area contributed by atoms with Gasteiger partial charge in [-0.05, 0) is 43.4 Å². The first-order chi connectivity index (χ1) is 18.5. The zero-order chi connectivity index (χ0) is 26.9. The maximum absolute atomic E-state index is 13.9. The van der Waals surface area contributed by atoms with Crippen molar-refractivity contribution in [2.45, 2.75) is 33.3 Å². The van der Waals surface area contributed by atoms with Crippen LogP contribution in [-0.2, 0) is 32.1 Å². The summed E-state index contributed by atoms with van der Waals surface area (Å²) in [6, 6.07) is 31.7. The Hall–Kier alpha value is -4.56. The van der Waals surface area contributed by atoms with Gasteiger partial charge in [0, 0.05) is 17.7 Å². The fourth-order valence-electron chi connectivity index (χ4n) is 4.80. The molecule has 0 saturated carbocycles. The van der Waals surface area contributed by atoms with E-state index in [4.69, 9.17) is 15.9 Å². The van der Waals surface area contributed by atoms with Crippen LogP contribution in [0.3, 0.4) is 0 Å². The third-order valence-electron chi connectivity index (χ3n) is 6.57. The van der Waals surface area contributed by atoms with E-state index in [9.17, 15) is 9.59 Å². The second kappa shape index (κ2) is 12.6. The Morgan fingerprint density at radius 2 is 1.37 bits per heavy atom. The van der Waals surface area contributed by atoms with Crippen molar-refractivity contribution in [3.63, 3.8) is 0 Å². The van der Waals surface area contributed by atoms with Crippen LogP contribution in [0.5, 0.6) is 0 Å². The van der Waals surface area contributed by atoms with Crippen molar-refractivity contribution in [3.8, 4) is 12.5 Å². The van der Waals surface area contributed by atoms with E-state index < -0.39 is 17.9 Å². The number of carbonyl (C=O) groups excluding carboxylic acids is 2. The van der Waals surface area contributed by atoms with Gasteiger partial charge in [0.05, 0.1) is 23.5 Å². The van der Waals surface area contributed by atoms with Crippen molar-refractivity contribution in [3.05, 3.63) is 125 Å². The van der Waals surface area contributed by atoms with E-state index in [1.165, 1.54) is 0 Å². The van der Waals surface area contributed by atoms with Crippen LogP contribution in [0.1, 0.15) is 37.0 Å². The first kappa shape index (κ1) is 26.5. The normalized spacial score (nSPS) is 15.2. The third-order valence-corrected chi connectivity index (χ3v) is 6.57. The molecule has 1 unspecified atom stereocenters. The predicted molar refractivity (Wildman–Crippen MR) is 148 cm³/mol. The molecular formula is C33H31NO4. The molecule has 38 heavy (non-hydrogen) atoms. The monoisotopic (exact) mass is 505 g/mol. The minimum atomic E-state index is -0.572. The van der Waals surface area contributed by atoms with Crippen LogP contribution in [0, 0.1) is 18.4 Å². The molecule has 4 rings (SSSR count). The highest BCUT2D eigenvalue weighted by Gasteiger charge is 2.41. The second-order valence-electron chi connectivity index (χ2n) is 8.95. The first-order valence-electron chi connectivity index (χ1n) is 12.7. The van der Waals surface area contributed by atoms with E-state index in [1.807, 2.05) is 91.0 Å². The Morgan fingerprint density at radius 1 is 0.816 bits per heavy atom. The Morgan fingerprint density at radius 3 is 1.95 bits per heavy atom. The van der Waals surface area contributed by atoms with Crippen LogP contribution < -0.4 is 0 Å². The summed E-state index contributed by atoms with van der Waals surface area (Å²) in [7, 11) is 0. The zero-order valence-corrected chi connectivity index (χ0v) is 21.7. The Balaban J connectivity index is 1.85. The van der Waals surface area contributed by atoms with E-state index in [0.717, 1.165) is 16.7 Å². The number of carbonyl (C=O) groups is 2. The lowest BCUT2D eigenvalue weighted by molar-refractivity contribution is -0.141. The average molecular weight is 506 g/mol. The molecule has 0 saturated heterocycles. The summed E-state index contributed by atoms with van der Waals surface area (Å²) in [4.78, 5) is 28.8. The van der Waals surface area contributed by atoms with E-state index >= 15 is 0 Å². The van der Waals surface area contributed by atoms with Gasteiger partial charge in [0.2, 0.25) is 0 Å². The molecule has 0 aromatic heterocycles. The largest absolute Gasteiger partial charge is 0.463 e. The maximum Gasteiger partial charge on any atom is 0.337 e. The number of nitrogens with zero attached hydrogens (tertiary/aromatic N) is 1. The summed E-state index contributed by atoms with van der Waals surface area (Å²) in [5, 5.41) is 0. The Labute approximate surface area is 224 Å². The Bertz CT molecular complexity index is 1370. The van der Waals surface area contributed by atoms with Crippen molar-refractivity contribution < 1.29 is 19.1 Å². The van der Waals surface area contributed by atoms with Gasteiger partial charge in [-0.25, -0.2) is 9.59 Å². The molecule has 1 atom stereocenters. The summed E-state index contributed by atoms with van der Waals surface area (Å²) in [5.74, 6) is -1.57. The molecule has 0 spiro atoms. The molecule has 1 aliphatic heterocycles. The zero-order valence-electron chi connectivity index (χ0n) is 21.7. The molecular weight excluding hydrogens is 474 g/mol. The molecule has 0 fully saturated rings. The van der Waals surface area contributed by atoms with Crippen LogP contribution in [0.4, 0.5) is 0 Å². The predicted octanol–water partition coefficient (Wildman–Crippen LogP) is 6.13. The van der Waals surface area contributed by atoms with Crippen LogP contribution in [0.2, 0.25) is 0 Å². The van der Waals surface area contributed by atoms with Gasteiger partial charge < -0.3 is 9.47 Å². The number of aryl methyl sites for hydroxylation is 1. The highest BCUT2D eigenvalue weighted by Crippen LogP contribution is 2.42. The highest BCUT2D eigenvalue weighted by atomic mass is 16.5. The fourth-order valence-corrected chi connectivity index (χ4v) is 4.80. The smallest absolute Gasteiger partial charge is 0.337 e. The van der Waals surface area contributed by atoms with Crippen molar-refractivity contribution in [2.24, 2.45) is 5.92 Å².